The average molecular weight is 574 g/mol. The number of halogens is 1. The van der Waals surface area contributed by atoms with Gasteiger partial charge in [-0.1, -0.05) is 67.1 Å². The van der Waals surface area contributed by atoms with E-state index in [1.54, 1.807) is 25.2 Å². The molecule has 0 spiro atoms. The van der Waals surface area contributed by atoms with Crippen LogP contribution in [0.3, 0.4) is 0 Å². The number of carbonyl (C=O) groups excluding carboxylic acids is 3. The number of carbonyl (C=O) groups is 3. The molecular weight excluding hydrogens is 532 g/mol. The summed E-state index contributed by atoms with van der Waals surface area (Å²) >= 11 is 3.67. The third kappa shape index (κ3) is 5.51. The van der Waals surface area contributed by atoms with Gasteiger partial charge in [-0.2, -0.15) is 0 Å². The highest BCUT2D eigenvalue weighted by atomic mass is 79.9. The van der Waals surface area contributed by atoms with Crippen LogP contribution in [0.2, 0.25) is 18.1 Å². The molecule has 7 nitrogen and oxygen atoms in total. The number of hydrogen-bond acceptors (Lipinski definition) is 7. The van der Waals surface area contributed by atoms with Gasteiger partial charge in [0, 0.05) is 6.42 Å². The molecule has 0 radical (unpaired) electrons. The number of rotatable bonds is 12. The second-order valence-electron chi connectivity index (χ2n) is 10.6. The summed E-state index contributed by atoms with van der Waals surface area (Å²) in [5, 5.41) is -0.107. The van der Waals surface area contributed by atoms with E-state index in [1.807, 2.05) is 0 Å². The predicted octanol–water partition coefficient (Wildman–Crippen LogP) is 5.50. The van der Waals surface area contributed by atoms with Gasteiger partial charge in [-0.3, -0.25) is 14.4 Å². The summed E-state index contributed by atoms with van der Waals surface area (Å²) in [7, 11) is 1.44. The van der Waals surface area contributed by atoms with Crippen LogP contribution in [0.15, 0.2) is 37.0 Å². The van der Waals surface area contributed by atoms with Crippen molar-refractivity contribution < 1.29 is 33.0 Å². The van der Waals surface area contributed by atoms with E-state index < -0.39 is 47.5 Å². The first-order chi connectivity index (χ1) is 16.0. The summed E-state index contributed by atoms with van der Waals surface area (Å²) in [6.07, 6.45) is 5.39. The number of alkyl halides is 1. The first kappa shape index (κ1) is 31.3. The second kappa shape index (κ2) is 11.1. The molecule has 1 saturated carbocycles. The molecule has 0 saturated heterocycles. The van der Waals surface area contributed by atoms with Crippen LogP contribution in [0.5, 0.6) is 0 Å². The molecule has 9 heteroatoms. The molecule has 0 aromatic heterocycles. The molecule has 0 bridgehead atoms. The maximum absolute atomic E-state index is 13.3. The van der Waals surface area contributed by atoms with Gasteiger partial charge in [0.05, 0.1) is 31.8 Å². The molecule has 3 unspecified atom stereocenters. The minimum absolute atomic E-state index is 0.0554. The van der Waals surface area contributed by atoms with E-state index in [2.05, 4.69) is 63.0 Å². The zero-order valence-corrected chi connectivity index (χ0v) is 25.2. The van der Waals surface area contributed by atoms with Crippen LogP contribution >= 0.6 is 15.9 Å². The van der Waals surface area contributed by atoms with E-state index in [0.29, 0.717) is 12.0 Å². The van der Waals surface area contributed by atoms with Crippen molar-refractivity contribution >= 4 is 42.2 Å². The fraction of sp³-hybridized carbons (Fsp3) is 0.654. The van der Waals surface area contributed by atoms with Crippen molar-refractivity contribution in [2.45, 2.75) is 75.5 Å². The Morgan fingerprint density at radius 1 is 1.09 bits per heavy atom. The fourth-order valence-electron chi connectivity index (χ4n) is 4.24. The van der Waals surface area contributed by atoms with Gasteiger partial charge in [-0.15, -0.1) is 6.58 Å². The van der Waals surface area contributed by atoms with Gasteiger partial charge < -0.3 is 18.6 Å². The van der Waals surface area contributed by atoms with Crippen LogP contribution in [-0.2, 0) is 33.0 Å². The summed E-state index contributed by atoms with van der Waals surface area (Å²) in [4.78, 5) is 38.4. The van der Waals surface area contributed by atoms with Gasteiger partial charge in [0.15, 0.2) is 13.7 Å². The molecule has 0 heterocycles. The lowest BCUT2D eigenvalue weighted by atomic mass is 9.76. The van der Waals surface area contributed by atoms with Gasteiger partial charge in [0.2, 0.25) is 0 Å². The third-order valence-electron chi connectivity index (χ3n) is 7.47. The Morgan fingerprint density at radius 2 is 1.60 bits per heavy atom. The van der Waals surface area contributed by atoms with Crippen molar-refractivity contribution in [2.75, 3.05) is 21.3 Å². The highest BCUT2D eigenvalue weighted by molar-refractivity contribution is 9.09. The van der Waals surface area contributed by atoms with Crippen LogP contribution in [0.4, 0.5) is 0 Å². The smallest absolute Gasteiger partial charge is 0.323 e. The topological polar surface area (TPSA) is 88.1 Å². The maximum Gasteiger partial charge on any atom is 0.323 e. The zero-order valence-electron chi connectivity index (χ0n) is 22.6. The molecule has 0 aromatic carbocycles. The Morgan fingerprint density at radius 3 is 1.97 bits per heavy atom. The van der Waals surface area contributed by atoms with Crippen molar-refractivity contribution in [2.24, 2.45) is 10.8 Å². The van der Waals surface area contributed by atoms with Crippen LogP contribution < -0.4 is 0 Å². The molecule has 1 aliphatic rings. The maximum atomic E-state index is 13.3. The highest BCUT2D eigenvalue weighted by Crippen LogP contribution is 2.67. The molecule has 1 fully saturated rings. The molecule has 1 rings (SSSR count). The Kier molecular flexibility index (Phi) is 9.96. The van der Waals surface area contributed by atoms with Crippen LogP contribution in [-0.4, -0.2) is 58.0 Å². The molecule has 0 N–H and O–H groups in total. The quantitative estimate of drug-likeness (QED) is 0.0761. The average Bonchev–Trinajstić information content (AvgIpc) is 3.47. The van der Waals surface area contributed by atoms with E-state index in [1.165, 1.54) is 21.3 Å². The third-order valence-corrected chi connectivity index (χ3v) is 13.4. The van der Waals surface area contributed by atoms with Crippen molar-refractivity contribution in [3.63, 3.8) is 0 Å². The second-order valence-corrected chi connectivity index (χ2v) is 16.3. The van der Waals surface area contributed by atoms with E-state index in [9.17, 15) is 14.4 Å². The molecule has 198 valence electrons. The Bertz CT molecular complexity index is 873. The van der Waals surface area contributed by atoms with Crippen LogP contribution in [0, 0.1) is 10.8 Å². The van der Waals surface area contributed by atoms with E-state index in [4.69, 9.17) is 18.6 Å². The molecule has 0 aromatic rings. The SMILES string of the molecule is C=CC1(O[Si](C)(C)C(C)(C)C)CC1(C(=O)OC)C(Br)C(=C)CC(C/C=C/C)(C(=O)OC)C(=O)OC. The van der Waals surface area contributed by atoms with Gasteiger partial charge >= 0.3 is 17.9 Å². The van der Waals surface area contributed by atoms with Gasteiger partial charge in [0.25, 0.3) is 0 Å². The molecule has 0 aliphatic heterocycles. The lowest BCUT2D eigenvalue weighted by molar-refractivity contribution is -0.169. The van der Waals surface area contributed by atoms with Crippen molar-refractivity contribution in [1.29, 1.82) is 0 Å². The Labute approximate surface area is 219 Å². The summed E-state index contributed by atoms with van der Waals surface area (Å²) in [6.45, 7) is 20.5. The Hall–Kier alpha value is -1.71. The monoisotopic (exact) mass is 572 g/mol. The van der Waals surface area contributed by atoms with Gasteiger partial charge in [-0.05, 0) is 37.9 Å². The number of esters is 3. The predicted molar refractivity (Wildman–Crippen MR) is 143 cm³/mol. The summed E-state index contributed by atoms with van der Waals surface area (Å²) in [5.41, 5.74) is -3.35. The lowest BCUT2D eigenvalue weighted by Gasteiger charge is -2.41. The van der Waals surface area contributed by atoms with E-state index >= 15 is 0 Å². The van der Waals surface area contributed by atoms with E-state index in [0.717, 1.165) is 0 Å². The number of hydrogen-bond donors (Lipinski definition) is 0. The number of methoxy groups -OCH3 is 3. The van der Waals surface area contributed by atoms with Gasteiger partial charge in [-0.25, -0.2) is 0 Å². The molecular formula is C26H41BrO7Si. The van der Waals surface area contributed by atoms with Crippen LogP contribution in [0.25, 0.3) is 0 Å². The molecule has 35 heavy (non-hydrogen) atoms. The van der Waals surface area contributed by atoms with E-state index in [-0.39, 0.29) is 17.9 Å². The molecule has 0 amide bonds. The fourth-order valence-corrected chi connectivity index (χ4v) is 6.69. The minimum Gasteiger partial charge on any atom is -0.468 e. The summed E-state index contributed by atoms with van der Waals surface area (Å²) < 4.78 is 22.0. The minimum atomic E-state index is -2.33. The number of allylic oxidation sites excluding steroid dienone is 3. The van der Waals surface area contributed by atoms with Crippen molar-refractivity contribution in [1.82, 2.24) is 0 Å². The Balaban J connectivity index is 3.54. The van der Waals surface area contributed by atoms with Gasteiger partial charge in [0.1, 0.15) is 5.41 Å². The normalized spacial score (nSPS) is 23.4. The molecule has 1 aliphatic carbocycles. The molecule has 3 atom stereocenters. The first-order valence-electron chi connectivity index (χ1n) is 11.5. The standard InChI is InChI=1S/C26H41BrO7Si/c1-12-14-15-24(20(28)31-7,21(29)32-8)16-18(3)19(27)26(22(30)33-9)17-25(26,13-2)34-35(10,11)23(4,5)6/h12-14,19H,2-3,15-17H2,1,4-11H3/b14-12+. The number of ether oxygens (including phenoxy) is 3. The van der Waals surface area contributed by atoms with Crippen molar-refractivity contribution in [3.8, 4) is 0 Å². The highest BCUT2D eigenvalue weighted by Gasteiger charge is 2.77. The summed E-state index contributed by atoms with van der Waals surface area (Å²) in [5.74, 6) is -1.95. The summed E-state index contributed by atoms with van der Waals surface area (Å²) in [6, 6.07) is 0. The first-order valence-corrected chi connectivity index (χ1v) is 15.4. The van der Waals surface area contributed by atoms with Crippen LogP contribution in [0.1, 0.15) is 47.0 Å². The zero-order chi connectivity index (χ0) is 27.5. The lowest BCUT2D eigenvalue weighted by Crippen LogP contribution is -2.49. The largest absolute Gasteiger partial charge is 0.468 e. The van der Waals surface area contributed by atoms with Crippen molar-refractivity contribution in [3.05, 3.63) is 37.0 Å².